The van der Waals surface area contributed by atoms with Crippen molar-refractivity contribution >= 4 is 51.6 Å². The summed E-state index contributed by atoms with van der Waals surface area (Å²) < 4.78 is 48.3. The van der Waals surface area contributed by atoms with Crippen LogP contribution in [-0.4, -0.2) is 60.8 Å². The van der Waals surface area contributed by atoms with Gasteiger partial charge in [0.15, 0.2) is 0 Å². The zero-order valence-corrected chi connectivity index (χ0v) is 24.1. The van der Waals surface area contributed by atoms with E-state index in [1.165, 1.54) is 29.3 Å². The van der Waals surface area contributed by atoms with Gasteiger partial charge in [-0.15, -0.1) is 0 Å². The average Bonchev–Trinajstić information content (AvgIpc) is 3.58. The molecule has 1 saturated heterocycles. The van der Waals surface area contributed by atoms with E-state index in [-0.39, 0.29) is 34.1 Å². The number of likely N-dealkylation sites (tertiary alicyclic amines) is 1. The molecule has 2 aromatic heterocycles. The molecule has 0 radical (unpaired) electrons. The molecule has 3 heterocycles. The second-order valence-electron chi connectivity index (χ2n) is 10.9. The van der Waals surface area contributed by atoms with Crippen LogP contribution in [-0.2, 0) is 10.9 Å². The van der Waals surface area contributed by atoms with Crippen LogP contribution in [0.25, 0.3) is 22.6 Å². The van der Waals surface area contributed by atoms with Crippen molar-refractivity contribution in [1.82, 2.24) is 19.7 Å². The third kappa shape index (κ3) is 5.90. The monoisotopic (exact) mass is 622 g/mol. The number of aromatic nitrogens is 3. The predicted octanol–water partition coefficient (Wildman–Crippen LogP) is 5.91. The number of hydrogen-bond donors (Lipinski definition) is 3. The summed E-state index contributed by atoms with van der Waals surface area (Å²) in [4.78, 5) is 26.4. The highest BCUT2D eigenvalue weighted by atomic mass is 35.5. The predicted molar refractivity (Wildman–Crippen MR) is 153 cm³/mol. The van der Waals surface area contributed by atoms with Gasteiger partial charge < -0.3 is 19.8 Å². The van der Waals surface area contributed by atoms with Crippen LogP contribution in [0.3, 0.4) is 0 Å². The van der Waals surface area contributed by atoms with Crippen molar-refractivity contribution in [2.45, 2.75) is 44.7 Å². The smallest absolute Gasteiger partial charge is 0.417 e. The van der Waals surface area contributed by atoms with Crippen molar-refractivity contribution in [2.24, 2.45) is 0 Å². The SMILES string of the molecule is CC(C)(C)OC(=O)N1CC(O)C(n2c(O)c(C(=Cc3ccc(Cl)cc3C(F)(F)F)c3ccc4[nH]ncc4c3)sc2=O)C1. The first-order valence-electron chi connectivity index (χ1n) is 12.7. The summed E-state index contributed by atoms with van der Waals surface area (Å²) in [6.45, 7) is 4.80. The number of hydrogen-bond acceptors (Lipinski definition) is 7. The Balaban J connectivity index is 1.63. The van der Waals surface area contributed by atoms with E-state index < -0.39 is 46.3 Å². The third-order valence-electron chi connectivity index (χ3n) is 6.68. The van der Waals surface area contributed by atoms with E-state index >= 15 is 0 Å². The molecule has 0 spiro atoms. The van der Waals surface area contributed by atoms with Gasteiger partial charge in [-0.05, 0) is 62.2 Å². The molecule has 0 aliphatic carbocycles. The van der Waals surface area contributed by atoms with Crippen LogP contribution >= 0.6 is 22.9 Å². The van der Waals surface area contributed by atoms with Gasteiger partial charge in [-0.25, -0.2) is 4.79 Å². The minimum Gasteiger partial charge on any atom is -0.493 e. The van der Waals surface area contributed by atoms with Gasteiger partial charge in [-0.2, -0.15) is 18.3 Å². The number of β-amino-alcohol motifs (C(OH)–C–C–N with tert-alkyl or cyclic N) is 1. The summed E-state index contributed by atoms with van der Waals surface area (Å²) in [5, 5.41) is 29.5. The number of halogens is 4. The Kier molecular flexibility index (Phi) is 7.62. The van der Waals surface area contributed by atoms with Crippen LogP contribution in [0, 0.1) is 0 Å². The first-order valence-corrected chi connectivity index (χ1v) is 13.9. The number of ether oxygens (including phenoxy) is 1. The molecular weight excluding hydrogens is 597 g/mol. The number of aromatic hydroxyl groups is 1. The second-order valence-corrected chi connectivity index (χ2v) is 12.3. The summed E-state index contributed by atoms with van der Waals surface area (Å²) in [6.07, 6.45) is -3.88. The van der Waals surface area contributed by atoms with Crippen LogP contribution in [0.5, 0.6) is 5.88 Å². The molecule has 0 bridgehead atoms. The highest BCUT2D eigenvalue weighted by Crippen LogP contribution is 2.41. The molecule has 14 heteroatoms. The van der Waals surface area contributed by atoms with Crippen molar-refractivity contribution in [2.75, 3.05) is 13.1 Å². The van der Waals surface area contributed by atoms with E-state index in [1.807, 2.05) is 0 Å². The summed E-state index contributed by atoms with van der Waals surface area (Å²) >= 11 is 6.49. The standard InChI is InChI=1S/C28H26ClF3N4O5S/c1-27(2,3)41-25(39)35-12-21(22(37)13-35)36-24(38)23(42-26(36)40)18(14-5-7-20-16(8-14)11-33-34-20)9-15-4-6-17(29)10-19(15)28(30,31)32/h4-11,21-22,37-38H,12-13H2,1-3H3,(H,33,34). The number of nitrogens with one attached hydrogen (secondary N) is 1. The number of carbonyl (C=O) groups is 1. The molecule has 5 rings (SSSR count). The number of H-pyrrole nitrogens is 1. The fourth-order valence-corrected chi connectivity index (χ4v) is 5.93. The lowest BCUT2D eigenvalue weighted by Crippen LogP contribution is -2.36. The molecule has 1 aliphatic rings. The Morgan fingerprint density at radius 3 is 2.62 bits per heavy atom. The van der Waals surface area contributed by atoms with Gasteiger partial charge in [0, 0.05) is 22.5 Å². The van der Waals surface area contributed by atoms with Gasteiger partial charge in [0.05, 0.1) is 36.0 Å². The lowest BCUT2D eigenvalue weighted by Gasteiger charge is -2.24. The van der Waals surface area contributed by atoms with Crippen LogP contribution in [0.2, 0.25) is 5.02 Å². The van der Waals surface area contributed by atoms with Crippen LogP contribution in [0.4, 0.5) is 18.0 Å². The number of benzene rings is 2. The zero-order chi connectivity index (χ0) is 30.6. The summed E-state index contributed by atoms with van der Waals surface area (Å²) in [6, 6.07) is 7.26. The molecule has 42 heavy (non-hydrogen) atoms. The number of fused-ring (bicyclic) bond motifs is 1. The molecular formula is C28H26ClF3N4O5S. The van der Waals surface area contributed by atoms with Gasteiger partial charge >= 0.3 is 17.1 Å². The highest BCUT2D eigenvalue weighted by Gasteiger charge is 2.40. The normalized spacial score (nSPS) is 18.2. The Morgan fingerprint density at radius 1 is 1.19 bits per heavy atom. The average molecular weight is 623 g/mol. The van der Waals surface area contributed by atoms with Gasteiger partial charge in [0.25, 0.3) is 0 Å². The first kappa shape index (κ1) is 29.7. The summed E-state index contributed by atoms with van der Waals surface area (Å²) in [5.41, 5.74) is -0.826. The number of aromatic amines is 1. The molecule has 222 valence electrons. The zero-order valence-electron chi connectivity index (χ0n) is 22.6. The first-order chi connectivity index (χ1) is 19.6. The van der Waals surface area contributed by atoms with Gasteiger partial charge in [-0.3, -0.25) is 14.5 Å². The number of amides is 1. The molecule has 1 fully saturated rings. The van der Waals surface area contributed by atoms with Crippen LogP contribution in [0.1, 0.15) is 48.4 Å². The number of aliphatic hydroxyl groups excluding tert-OH is 1. The minimum atomic E-state index is -4.74. The Hall–Kier alpha value is -3.81. The van der Waals surface area contributed by atoms with Gasteiger partial charge in [0.1, 0.15) is 10.5 Å². The topological polar surface area (TPSA) is 121 Å². The molecule has 2 aromatic carbocycles. The molecule has 4 aromatic rings. The molecule has 1 aliphatic heterocycles. The molecule has 2 unspecified atom stereocenters. The Morgan fingerprint density at radius 2 is 1.93 bits per heavy atom. The third-order valence-corrected chi connectivity index (χ3v) is 7.89. The van der Waals surface area contributed by atoms with Crippen LogP contribution in [0.15, 0.2) is 47.4 Å². The number of rotatable bonds is 4. The number of carbonyl (C=O) groups excluding carboxylic acids is 1. The molecule has 3 N–H and O–H groups in total. The van der Waals surface area contributed by atoms with E-state index in [4.69, 9.17) is 16.3 Å². The van der Waals surface area contributed by atoms with Gasteiger partial charge in [-0.1, -0.05) is 35.1 Å². The number of alkyl halides is 3. The minimum absolute atomic E-state index is 0.0196. The molecule has 0 saturated carbocycles. The van der Waals surface area contributed by atoms with Gasteiger partial charge in [0.2, 0.25) is 5.88 Å². The number of aliphatic hydroxyl groups is 1. The van der Waals surface area contributed by atoms with Crippen molar-refractivity contribution in [1.29, 1.82) is 0 Å². The van der Waals surface area contributed by atoms with E-state index in [9.17, 15) is 33.0 Å². The highest BCUT2D eigenvalue weighted by molar-refractivity contribution is 7.11. The van der Waals surface area contributed by atoms with E-state index in [0.717, 1.165) is 10.6 Å². The maximum atomic E-state index is 14.0. The van der Waals surface area contributed by atoms with Crippen molar-refractivity contribution in [3.05, 3.63) is 78.9 Å². The maximum absolute atomic E-state index is 14.0. The Labute approximate surface area is 246 Å². The molecule has 9 nitrogen and oxygen atoms in total. The van der Waals surface area contributed by atoms with Crippen molar-refractivity contribution in [3.8, 4) is 5.88 Å². The number of nitrogens with zero attached hydrogens (tertiary/aromatic N) is 3. The van der Waals surface area contributed by atoms with Crippen LogP contribution < -0.4 is 4.87 Å². The fraction of sp³-hybridized carbons (Fsp3) is 0.321. The second kappa shape index (κ2) is 10.8. The fourth-order valence-electron chi connectivity index (χ4n) is 4.79. The summed E-state index contributed by atoms with van der Waals surface area (Å²) in [5.74, 6) is -0.554. The number of thiazole rings is 1. The van der Waals surface area contributed by atoms with Crippen molar-refractivity contribution < 1.29 is 32.9 Å². The lowest BCUT2D eigenvalue weighted by atomic mass is 9.97. The quantitative estimate of drug-likeness (QED) is 0.244. The Bertz CT molecular complexity index is 1750. The van der Waals surface area contributed by atoms with Crippen molar-refractivity contribution in [3.63, 3.8) is 0 Å². The molecule has 1 amide bonds. The molecule has 2 atom stereocenters. The van der Waals surface area contributed by atoms with E-state index in [2.05, 4.69) is 10.2 Å². The van der Waals surface area contributed by atoms with E-state index in [0.29, 0.717) is 27.8 Å². The largest absolute Gasteiger partial charge is 0.493 e. The summed E-state index contributed by atoms with van der Waals surface area (Å²) in [7, 11) is 0. The van der Waals surface area contributed by atoms with E-state index in [1.54, 1.807) is 39.0 Å². The lowest BCUT2D eigenvalue weighted by molar-refractivity contribution is -0.137. The maximum Gasteiger partial charge on any atom is 0.417 e.